The van der Waals surface area contributed by atoms with E-state index in [-0.39, 0.29) is 5.91 Å². The van der Waals surface area contributed by atoms with Crippen LogP contribution < -0.4 is 9.64 Å². The highest BCUT2D eigenvalue weighted by Crippen LogP contribution is 2.29. The molecule has 126 valence electrons. The van der Waals surface area contributed by atoms with Gasteiger partial charge in [0.05, 0.1) is 18.5 Å². The molecular weight excluding hydrogens is 332 g/mol. The summed E-state index contributed by atoms with van der Waals surface area (Å²) in [5.74, 6) is 0.605. The summed E-state index contributed by atoms with van der Waals surface area (Å²) < 4.78 is 5.21. The zero-order chi connectivity index (χ0) is 17.6. The van der Waals surface area contributed by atoms with Gasteiger partial charge in [0.2, 0.25) is 0 Å². The predicted molar refractivity (Wildman–Crippen MR) is 102 cm³/mol. The van der Waals surface area contributed by atoms with Crippen molar-refractivity contribution in [2.45, 2.75) is 6.92 Å². The molecular formula is C20H18N2O2S. The molecule has 1 amide bonds. The van der Waals surface area contributed by atoms with Crippen LogP contribution in [0, 0.1) is 6.92 Å². The number of para-hydroxylation sites is 1. The van der Waals surface area contributed by atoms with Crippen LogP contribution in [0.2, 0.25) is 0 Å². The molecule has 1 aromatic heterocycles. The molecule has 0 unspecified atom stereocenters. The molecule has 25 heavy (non-hydrogen) atoms. The number of nitrogens with zero attached hydrogens (tertiary/aromatic N) is 2. The van der Waals surface area contributed by atoms with Crippen LogP contribution in [0.5, 0.6) is 5.75 Å². The van der Waals surface area contributed by atoms with Crippen molar-refractivity contribution in [1.29, 1.82) is 0 Å². The lowest BCUT2D eigenvalue weighted by atomic mass is 10.2. The second-order valence-corrected chi connectivity index (χ2v) is 6.23. The number of rotatable bonds is 5. The Morgan fingerprint density at radius 1 is 1.16 bits per heavy atom. The third kappa shape index (κ3) is 4.14. The van der Waals surface area contributed by atoms with Crippen molar-refractivity contribution in [3.8, 4) is 5.75 Å². The van der Waals surface area contributed by atoms with Crippen molar-refractivity contribution in [1.82, 2.24) is 4.98 Å². The predicted octanol–water partition coefficient (Wildman–Crippen LogP) is 4.84. The van der Waals surface area contributed by atoms with E-state index in [2.05, 4.69) is 4.98 Å². The Labute approximate surface area is 151 Å². The summed E-state index contributed by atoms with van der Waals surface area (Å²) >= 11 is 1.45. The van der Waals surface area contributed by atoms with Gasteiger partial charge >= 0.3 is 0 Å². The smallest absolute Gasteiger partial charge is 0.257 e. The average molecular weight is 350 g/mol. The van der Waals surface area contributed by atoms with E-state index in [1.54, 1.807) is 24.2 Å². The highest BCUT2D eigenvalue weighted by atomic mass is 32.1. The van der Waals surface area contributed by atoms with E-state index in [1.807, 2.05) is 66.9 Å². The van der Waals surface area contributed by atoms with Gasteiger partial charge in [0.1, 0.15) is 5.75 Å². The minimum absolute atomic E-state index is 0.150. The van der Waals surface area contributed by atoms with Gasteiger partial charge in [0.25, 0.3) is 5.91 Å². The molecule has 5 heteroatoms. The highest BCUT2D eigenvalue weighted by Gasteiger charge is 2.18. The van der Waals surface area contributed by atoms with Crippen molar-refractivity contribution >= 4 is 34.1 Å². The van der Waals surface area contributed by atoms with E-state index in [0.717, 1.165) is 22.7 Å². The van der Waals surface area contributed by atoms with Crippen LogP contribution in [0.1, 0.15) is 11.3 Å². The molecule has 0 aliphatic heterocycles. The SMILES string of the molecule is COc1cccc(C=CC(=O)N(c2ccccc2)c2nc(C)cs2)c1. The summed E-state index contributed by atoms with van der Waals surface area (Å²) in [4.78, 5) is 18.9. The normalized spacial score (nSPS) is 10.8. The summed E-state index contributed by atoms with van der Waals surface area (Å²) in [5.41, 5.74) is 2.58. The fourth-order valence-corrected chi connectivity index (χ4v) is 3.17. The number of aromatic nitrogens is 1. The van der Waals surface area contributed by atoms with Crippen molar-refractivity contribution in [3.05, 3.63) is 77.3 Å². The maximum absolute atomic E-state index is 12.9. The number of methoxy groups -OCH3 is 1. The van der Waals surface area contributed by atoms with Gasteiger partial charge in [-0.05, 0) is 42.8 Å². The van der Waals surface area contributed by atoms with Gasteiger partial charge in [0, 0.05) is 11.5 Å². The fraction of sp³-hybridized carbons (Fsp3) is 0.100. The van der Waals surface area contributed by atoms with E-state index in [0.29, 0.717) is 5.13 Å². The van der Waals surface area contributed by atoms with E-state index in [1.165, 1.54) is 11.3 Å². The zero-order valence-corrected chi connectivity index (χ0v) is 14.9. The number of benzene rings is 2. The minimum atomic E-state index is -0.150. The van der Waals surface area contributed by atoms with Crippen molar-refractivity contribution in [2.75, 3.05) is 12.0 Å². The number of ether oxygens (including phenoxy) is 1. The molecule has 0 fully saturated rings. The molecule has 4 nitrogen and oxygen atoms in total. The first-order chi connectivity index (χ1) is 12.2. The van der Waals surface area contributed by atoms with Gasteiger partial charge in [0.15, 0.2) is 5.13 Å². The van der Waals surface area contributed by atoms with Crippen LogP contribution in [0.15, 0.2) is 66.1 Å². The summed E-state index contributed by atoms with van der Waals surface area (Å²) in [6, 6.07) is 17.1. The summed E-state index contributed by atoms with van der Waals surface area (Å²) in [6.45, 7) is 1.92. The van der Waals surface area contributed by atoms with Gasteiger partial charge in [-0.3, -0.25) is 9.69 Å². The summed E-state index contributed by atoms with van der Waals surface area (Å²) in [5, 5.41) is 2.59. The Hall–Kier alpha value is -2.92. The maximum atomic E-state index is 12.9. The van der Waals surface area contributed by atoms with Crippen molar-refractivity contribution in [3.63, 3.8) is 0 Å². The lowest BCUT2D eigenvalue weighted by molar-refractivity contribution is -0.113. The Balaban J connectivity index is 1.90. The molecule has 0 aliphatic carbocycles. The van der Waals surface area contributed by atoms with Crippen molar-refractivity contribution in [2.24, 2.45) is 0 Å². The van der Waals surface area contributed by atoms with Crippen LogP contribution in [0.3, 0.4) is 0 Å². The molecule has 0 saturated heterocycles. The quantitative estimate of drug-likeness (QED) is 0.619. The van der Waals surface area contributed by atoms with Gasteiger partial charge in [-0.25, -0.2) is 4.98 Å². The van der Waals surface area contributed by atoms with Crippen LogP contribution in [0.25, 0.3) is 6.08 Å². The monoisotopic (exact) mass is 350 g/mol. The Morgan fingerprint density at radius 3 is 2.64 bits per heavy atom. The number of amides is 1. The molecule has 1 heterocycles. The number of carbonyl (C=O) groups excluding carboxylic acids is 1. The van der Waals surface area contributed by atoms with E-state index < -0.39 is 0 Å². The first-order valence-electron chi connectivity index (χ1n) is 7.81. The van der Waals surface area contributed by atoms with E-state index in [4.69, 9.17) is 4.74 Å². The number of aryl methyl sites for hydroxylation is 1. The standard InChI is InChI=1S/C20H18N2O2S/c1-15-14-25-20(21-15)22(17-8-4-3-5-9-17)19(23)12-11-16-7-6-10-18(13-16)24-2/h3-14H,1-2H3. The van der Waals surface area contributed by atoms with E-state index in [9.17, 15) is 4.79 Å². The molecule has 0 aliphatic rings. The molecule has 0 N–H and O–H groups in total. The molecule has 3 aromatic rings. The van der Waals surface area contributed by atoms with Crippen LogP contribution in [-0.2, 0) is 4.79 Å². The topological polar surface area (TPSA) is 42.4 Å². The number of anilines is 2. The fourth-order valence-electron chi connectivity index (χ4n) is 2.34. The lowest BCUT2D eigenvalue weighted by Gasteiger charge is -2.18. The van der Waals surface area contributed by atoms with Crippen LogP contribution in [0.4, 0.5) is 10.8 Å². The van der Waals surface area contributed by atoms with Gasteiger partial charge in [-0.1, -0.05) is 30.3 Å². The summed E-state index contributed by atoms with van der Waals surface area (Å²) in [7, 11) is 1.62. The van der Waals surface area contributed by atoms with Crippen LogP contribution >= 0.6 is 11.3 Å². The number of hydrogen-bond acceptors (Lipinski definition) is 4. The zero-order valence-electron chi connectivity index (χ0n) is 14.0. The maximum Gasteiger partial charge on any atom is 0.257 e. The second-order valence-electron chi connectivity index (χ2n) is 5.39. The highest BCUT2D eigenvalue weighted by molar-refractivity contribution is 7.14. The Morgan fingerprint density at radius 2 is 1.96 bits per heavy atom. The largest absolute Gasteiger partial charge is 0.497 e. The first kappa shape index (κ1) is 16.9. The third-order valence-electron chi connectivity index (χ3n) is 3.55. The molecule has 3 rings (SSSR count). The third-order valence-corrected chi connectivity index (χ3v) is 4.49. The average Bonchev–Trinajstić information content (AvgIpc) is 3.07. The van der Waals surface area contributed by atoms with Crippen LogP contribution in [-0.4, -0.2) is 18.0 Å². The molecule has 0 atom stereocenters. The molecule has 0 radical (unpaired) electrons. The molecule has 2 aromatic carbocycles. The summed E-state index contributed by atoms with van der Waals surface area (Å²) in [6.07, 6.45) is 3.33. The van der Waals surface area contributed by atoms with Gasteiger partial charge in [-0.15, -0.1) is 11.3 Å². The number of carbonyl (C=O) groups is 1. The van der Waals surface area contributed by atoms with Gasteiger partial charge in [-0.2, -0.15) is 0 Å². The molecule has 0 saturated carbocycles. The second kappa shape index (κ2) is 7.77. The number of hydrogen-bond donors (Lipinski definition) is 0. The number of thiazole rings is 1. The van der Waals surface area contributed by atoms with Crippen molar-refractivity contribution < 1.29 is 9.53 Å². The van der Waals surface area contributed by atoms with Gasteiger partial charge < -0.3 is 4.74 Å². The Kier molecular flexibility index (Phi) is 5.26. The minimum Gasteiger partial charge on any atom is -0.497 e. The molecule has 0 bridgehead atoms. The molecule has 0 spiro atoms. The first-order valence-corrected chi connectivity index (χ1v) is 8.69. The Bertz CT molecular complexity index is 887. The van der Waals surface area contributed by atoms with E-state index >= 15 is 0 Å². The lowest BCUT2D eigenvalue weighted by Crippen LogP contribution is -2.23.